The molecule has 4 aromatic rings. The highest BCUT2D eigenvalue weighted by molar-refractivity contribution is 7.92. The van der Waals surface area contributed by atoms with E-state index in [1.807, 2.05) is 6.92 Å². The average molecular weight is 735 g/mol. The number of sulfonamides is 1. The third-order valence-corrected chi connectivity index (χ3v) is 10.5. The van der Waals surface area contributed by atoms with Crippen molar-refractivity contribution in [3.05, 3.63) is 129 Å². The molecule has 0 aliphatic rings. The van der Waals surface area contributed by atoms with Crippen molar-refractivity contribution in [3.63, 3.8) is 0 Å². The molecule has 0 spiro atoms. The number of rotatable bonds is 13. The standard InChI is InChI=1S/C36H36Cl2F3N3O4S/c1-4-25(3)42-35(46)33(20-26-10-6-5-7-11-26)43(22-30-31(37)14-9-15-32(30)38)34(45)23-44(28-13-8-12-27(21-28)36(39,40)41)49(47,48)29-18-16-24(2)17-19-29/h5-19,21,25,33H,4,20,22-23H2,1-3H3,(H,42,46). The normalized spacial score (nSPS) is 13.0. The van der Waals surface area contributed by atoms with Crippen molar-refractivity contribution in [3.8, 4) is 0 Å². The Morgan fingerprint density at radius 3 is 2.08 bits per heavy atom. The number of amides is 2. The van der Waals surface area contributed by atoms with E-state index in [-0.39, 0.29) is 39.6 Å². The molecular weight excluding hydrogens is 698 g/mol. The molecular formula is C36H36Cl2F3N3O4S. The van der Waals surface area contributed by atoms with Crippen molar-refractivity contribution in [2.24, 2.45) is 0 Å². The van der Waals surface area contributed by atoms with Gasteiger partial charge in [0, 0.05) is 34.6 Å². The molecule has 13 heteroatoms. The Kier molecular flexibility index (Phi) is 12.4. The van der Waals surface area contributed by atoms with E-state index in [0.717, 1.165) is 17.7 Å². The molecule has 0 aliphatic carbocycles. The minimum atomic E-state index is -4.79. The summed E-state index contributed by atoms with van der Waals surface area (Å²) in [6, 6.07) is 21.6. The number of anilines is 1. The summed E-state index contributed by atoms with van der Waals surface area (Å²) in [5, 5.41) is 3.32. The Morgan fingerprint density at radius 1 is 0.878 bits per heavy atom. The number of carbonyl (C=O) groups is 2. The predicted molar refractivity (Wildman–Crippen MR) is 186 cm³/mol. The van der Waals surface area contributed by atoms with Gasteiger partial charge in [-0.2, -0.15) is 13.2 Å². The maximum absolute atomic E-state index is 14.6. The van der Waals surface area contributed by atoms with Gasteiger partial charge in [0.25, 0.3) is 10.0 Å². The number of nitrogens with one attached hydrogen (secondary N) is 1. The molecule has 1 N–H and O–H groups in total. The molecule has 0 aromatic heterocycles. The fourth-order valence-electron chi connectivity index (χ4n) is 5.05. The van der Waals surface area contributed by atoms with E-state index >= 15 is 0 Å². The summed E-state index contributed by atoms with van der Waals surface area (Å²) < 4.78 is 70.4. The Labute approximate surface area is 294 Å². The molecule has 0 fully saturated rings. The summed E-state index contributed by atoms with van der Waals surface area (Å²) in [6.07, 6.45) is -4.17. The summed E-state index contributed by atoms with van der Waals surface area (Å²) in [4.78, 5) is 29.5. The third-order valence-electron chi connectivity index (χ3n) is 8.01. The van der Waals surface area contributed by atoms with Crippen molar-refractivity contribution in [1.29, 1.82) is 0 Å². The molecule has 0 heterocycles. The molecule has 2 atom stereocenters. The van der Waals surface area contributed by atoms with Gasteiger partial charge in [-0.05, 0) is 68.3 Å². The zero-order valence-electron chi connectivity index (χ0n) is 27.0. The lowest BCUT2D eigenvalue weighted by molar-refractivity contribution is -0.140. The average Bonchev–Trinajstić information content (AvgIpc) is 3.06. The van der Waals surface area contributed by atoms with Crippen LogP contribution in [0.5, 0.6) is 0 Å². The van der Waals surface area contributed by atoms with E-state index in [4.69, 9.17) is 23.2 Å². The van der Waals surface area contributed by atoms with Crippen LogP contribution in [0.2, 0.25) is 10.0 Å². The molecule has 0 radical (unpaired) electrons. The second-order valence-electron chi connectivity index (χ2n) is 11.6. The van der Waals surface area contributed by atoms with Crippen LogP contribution in [-0.4, -0.2) is 43.8 Å². The van der Waals surface area contributed by atoms with Gasteiger partial charge in [0.1, 0.15) is 12.6 Å². The van der Waals surface area contributed by atoms with Gasteiger partial charge in [-0.15, -0.1) is 0 Å². The van der Waals surface area contributed by atoms with Gasteiger partial charge in [-0.3, -0.25) is 13.9 Å². The van der Waals surface area contributed by atoms with Gasteiger partial charge in [-0.1, -0.05) is 90.3 Å². The fourth-order valence-corrected chi connectivity index (χ4v) is 6.98. The van der Waals surface area contributed by atoms with E-state index < -0.39 is 46.2 Å². The third kappa shape index (κ3) is 9.55. The molecule has 0 bridgehead atoms. The van der Waals surface area contributed by atoms with E-state index in [1.165, 1.54) is 23.1 Å². The summed E-state index contributed by atoms with van der Waals surface area (Å²) in [6.45, 7) is 4.19. The van der Waals surface area contributed by atoms with Crippen LogP contribution in [-0.2, 0) is 38.8 Å². The van der Waals surface area contributed by atoms with Crippen LogP contribution in [0, 0.1) is 6.92 Å². The highest BCUT2D eigenvalue weighted by Crippen LogP contribution is 2.34. The van der Waals surface area contributed by atoms with Crippen LogP contribution in [0.4, 0.5) is 18.9 Å². The molecule has 0 saturated heterocycles. The van der Waals surface area contributed by atoms with E-state index in [2.05, 4.69) is 5.32 Å². The van der Waals surface area contributed by atoms with Gasteiger partial charge in [0.05, 0.1) is 16.1 Å². The molecule has 0 saturated carbocycles. The van der Waals surface area contributed by atoms with Crippen LogP contribution in [0.3, 0.4) is 0 Å². The summed E-state index contributed by atoms with van der Waals surface area (Å²) in [5.41, 5.74) is 0.274. The molecule has 7 nitrogen and oxygen atoms in total. The molecule has 4 aromatic carbocycles. The molecule has 4 rings (SSSR count). The second-order valence-corrected chi connectivity index (χ2v) is 14.3. The largest absolute Gasteiger partial charge is 0.416 e. The van der Waals surface area contributed by atoms with Crippen molar-refractivity contribution in [2.45, 2.75) is 63.3 Å². The van der Waals surface area contributed by atoms with Crippen molar-refractivity contribution in [1.82, 2.24) is 10.2 Å². The van der Waals surface area contributed by atoms with Gasteiger partial charge in [-0.25, -0.2) is 8.42 Å². The first-order valence-electron chi connectivity index (χ1n) is 15.4. The number of hydrogen-bond donors (Lipinski definition) is 1. The van der Waals surface area contributed by atoms with E-state index in [0.29, 0.717) is 27.9 Å². The molecule has 2 unspecified atom stereocenters. The molecule has 260 valence electrons. The number of alkyl halides is 3. The lowest BCUT2D eigenvalue weighted by Gasteiger charge is -2.34. The monoisotopic (exact) mass is 733 g/mol. The fraction of sp³-hybridized carbons (Fsp3) is 0.278. The minimum Gasteiger partial charge on any atom is -0.352 e. The van der Waals surface area contributed by atoms with Gasteiger partial charge < -0.3 is 10.2 Å². The Morgan fingerprint density at radius 2 is 1.49 bits per heavy atom. The zero-order valence-corrected chi connectivity index (χ0v) is 29.4. The van der Waals surface area contributed by atoms with Gasteiger partial charge >= 0.3 is 6.18 Å². The number of aryl methyl sites for hydroxylation is 1. The summed E-state index contributed by atoms with van der Waals surface area (Å²) in [7, 11) is -4.61. The molecule has 0 aliphatic heterocycles. The minimum absolute atomic E-state index is 0.0329. The lowest BCUT2D eigenvalue weighted by Crippen LogP contribution is -2.54. The topological polar surface area (TPSA) is 86.8 Å². The maximum Gasteiger partial charge on any atom is 0.416 e. The Bertz CT molecular complexity index is 1850. The zero-order chi connectivity index (χ0) is 35.9. The highest BCUT2D eigenvalue weighted by atomic mass is 35.5. The van der Waals surface area contributed by atoms with E-state index in [9.17, 15) is 31.2 Å². The van der Waals surface area contributed by atoms with Crippen LogP contribution < -0.4 is 9.62 Å². The first kappa shape index (κ1) is 37.8. The number of halogens is 5. The van der Waals surface area contributed by atoms with Gasteiger partial charge in [0.2, 0.25) is 11.8 Å². The second kappa shape index (κ2) is 16.1. The van der Waals surface area contributed by atoms with Crippen molar-refractivity contribution in [2.75, 3.05) is 10.8 Å². The maximum atomic E-state index is 14.6. The van der Waals surface area contributed by atoms with Crippen molar-refractivity contribution >= 4 is 50.7 Å². The van der Waals surface area contributed by atoms with Crippen LogP contribution in [0.15, 0.2) is 102 Å². The smallest absolute Gasteiger partial charge is 0.352 e. The number of benzene rings is 4. The number of hydrogen-bond acceptors (Lipinski definition) is 4. The highest BCUT2D eigenvalue weighted by Gasteiger charge is 2.37. The Hall–Kier alpha value is -4.06. The Balaban J connectivity index is 1.88. The lowest BCUT2D eigenvalue weighted by atomic mass is 10.0. The van der Waals surface area contributed by atoms with Crippen molar-refractivity contribution < 1.29 is 31.2 Å². The quantitative estimate of drug-likeness (QED) is 0.151. The SMILES string of the molecule is CCC(C)NC(=O)C(Cc1ccccc1)N(Cc1c(Cl)cccc1Cl)C(=O)CN(c1cccc(C(F)(F)F)c1)S(=O)(=O)c1ccc(C)cc1. The predicted octanol–water partition coefficient (Wildman–Crippen LogP) is 8.07. The number of carbonyl (C=O) groups excluding carboxylic acids is 2. The first-order chi connectivity index (χ1) is 23.1. The van der Waals surface area contributed by atoms with Crippen LogP contribution >= 0.6 is 23.2 Å². The summed E-state index contributed by atoms with van der Waals surface area (Å²) >= 11 is 13.0. The van der Waals surface area contributed by atoms with E-state index in [1.54, 1.807) is 74.5 Å². The first-order valence-corrected chi connectivity index (χ1v) is 17.6. The van der Waals surface area contributed by atoms with Gasteiger partial charge in [0.15, 0.2) is 0 Å². The molecule has 49 heavy (non-hydrogen) atoms. The molecule has 2 amide bonds. The van der Waals surface area contributed by atoms with Crippen LogP contribution in [0.25, 0.3) is 0 Å². The van der Waals surface area contributed by atoms with Crippen LogP contribution in [0.1, 0.15) is 42.5 Å². The number of nitrogens with zero attached hydrogens (tertiary/aromatic N) is 2. The summed E-state index contributed by atoms with van der Waals surface area (Å²) in [5.74, 6) is -1.38.